The number of rotatable bonds is 6. The second-order valence-electron chi connectivity index (χ2n) is 6.84. The summed E-state index contributed by atoms with van der Waals surface area (Å²) >= 11 is 5.88. The molecule has 0 atom stereocenters. The van der Waals surface area contributed by atoms with Crippen LogP contribution in [0.2, 0.25) is 5.02 Å². The average Bonchev–Trinajstić information content (AvgIpc) is 3.23. The lowest BCUT2D eigenvalue weighted by molar-refractivity contribution is 0.102. The maximum absolute atomic E-state index is 12.8. The lowest BCUT2D eigenvalue weighted by Gasteiger charge is -2.12. The number of hydrogen-bond donors (Lipinski definition) is 2. The molecule has 162 valence electrons. The molecule has 4 rings (SSSR count). The first-order valence-corrected chi connectivity index (χ1v) is 11.3. The summed E-state index contributed by atoms with van der Waals surface area (Å²) in [5.74, 6) is -0.413. The van der Waals surface area contributed by atoms with Crippen LogP contribution in [0, 0.1) is 6.92 Å². The summed E-state index contributed by atoms with van der Waals surface area (Å²) in [6, 6.07) is 19.2. The maximum Gasteiger partial charge on any atom is 0.322 e. The highest BCUT2D eigenvalue weighted by atomic mass is 35.5. The van der Waals surface area contributed by atoms with Crippen molar-refractivity contribution in [2.75, 3.05) is 10.0 Å². The fourth-order valence-electron chi connectivity index (χ4n) is 2.84. The van der Waals surface area contributed by atoms with Gasteiger partial charge < -0.3 is 4.42 Å². The third kappa shape index (κ3) is 4.79. The molecule has 0 aliphatic heterocycles. The van der Waals surface area contributed by atoms with Gasteiger partial charge in [0.25, 0.3) is 15.9 Å². The first-order valence-electron chi connectivity index (χ1n) is 9.41. The van der Waals surface area contributed by atoms with Crippen molar-refractivity contribution in [3.05, 3.63) is 88.9 Å². The van der Waals surface area contributed by atoms with Crippen molar-refractivity contribution in [1.82, 2.24) is 10.2 Å². The lowest BCUT2D eigenvalue weighted by Crippen LogP contribution is -2.18. The van der Waals surface area contributed by atoms with Gasteiger partial charge >= 0.3 is 6.01 Å². The molecule has 0 unspecified atom stereocenters. The Morgan fingerprint density at radius 2 is 1.62 bits per heavy atom. The van der Waals surface area contributed by atoms with E-state index in [1.165, 1.54) is 24.3 Å². The Kier molecular flexibility index (Phi) is 5.93. The van der Waals surface area contributed by atoms with Crippen LogP contribution in [0.25, 0.3) is 11.5 Å². The van der Waals surface area contributed by atoms with E-state index in [2.05, 4.69) is 20.2 Å². The van der Waals surface area contributed by atoms with Gasteiger partial charge in [0, 0.05) is 10.6 Å². The second kappa shape index (κ2) is 8.81. The van der Waals surface area contributed by atoms with Crippen LogP contribution in [0.5, 0.6) is 0 Å². The van der Waals surface area contributed by atoms with E-state index in [4.69, 9.17) is 16.0 Å². The Morgan fingerprint density at radius 3 is 2.34 bits per heavy atom. The third-order valence-electron chi connectivity index (χ3n) is 4.48. The van der Waals surface area contributed by atoms with Crippen LogP contribution in [0.4, 0.5) is 11.7 Å². The summed E-state index contributed by atoms with van der Waals surface area (Å²) in [6.07, 6.45) is 0. The van der Waals surface area contributed by atoms with Crippen molar-refractivity contribution in [2.24, 2.45) is 0 Å². The molecule has 32 heavy (non-hydrogen) atoms. The highest BCUT2D eigenvalue weighted by Gasteiger charge is 2.20. The van der Waals surface area contributed by atoms with Crippen molar-refractivity contribution in [2.45, 2.75) is 11.8 Å². The Labute approximate surface area is 189 Å². The Hall–Kier alpha value is -3.69. The summed E-state index contributed by atoms with van der Waals surface area (Å²) in [7, 11) is -3.89. The van der Waals surface area contributed by atoms with Gasteiger partial charge in [-0.3, -0.25) is 14.8 Å². The summed E-state index contributed by atoms with van der Waals surface area (Å²) in [6.45, 7) is 1.86. The van der Waals surface area contributed by atoms with Gasteiger partial charge in [0.15, 0.2) is 0 Å². The Bertz CT molecular complexity index is 1370. The highest BCUT2D eigenvalue weighted by Crippen LogP contribution is 2.24. The molecule has 0 radical (unpaired) electrons. The predicted octanol–water partition coefficient (Wildman–Crippen LogP) is 4.75. The molecule has 3 aromatic carbocycles. The first kappa shape index (κ1) is 21.5. The minimum Gasteiger partial charge on any atom is -0.403 e. The van der Waals surface area contributed by atoms with E-state index in [0.29, 0.717) is 10.6 Å². The Balaban J connectivity index is 1.54. The predicted molar refractivity (Wildman–Crippen MR) is 121 cm³/mol. The number of sulfonamides is 1. The number of amides is 1. The molecule has 2 N–H and O–H groups in total. The van der Waals surface area contributed by atoms with E-state index in [1.54, 1.807) is 48.5 Å². The van der Waals surface area contributed by atoms with Gasteiger partial charge in [-0.25, -0.2) is 8.42 Å². The number of para-hydroxylation sites is 1. The molecule has 0 aliphatic rings. The molecule has 0 fully saturated rings. The fourth-order valence-corrected chi connectivity index (χ4v) is 4.04. The third-order valence-corrected chi connectivity index (χ3v) is 6.12. The molecule has 0 bridgehead atoms. The summed E-state index contributed by atoms with van der Waals surface area (Å²) in [4.78, 5) is 12.9. The van der Waals surface area contributed by atoms with Crippen LogP contribution in [0.1, 0.15) is 15.9 Å². The highest BCUT2D eigenvalue weighted by molar-refractivity contribution is 7.92. The molecule has 4 aromatic rings. The summed E-state index contributed by atoms with van der Waals surface area (Å²) in [5.41, 5.74) is 1.77. The van der Waals surface area contributed by atoms with Crippen LogP contribution in [0.3, 0.4) is 0 Å². The van der Waals surface area contributed by atoms with Gasteiger partial charge in [0.05, 0.1) is 16.1 Å². The fraction of sp³-hybridized carbons (Fsp3) is 0.0455. The zero-order chi connectivity index (χ0) is 22.7. The molecule has 0 aliphatic carbocycles. The van der Waals surface area contributed by atoms with Gasteiger partial charge in [-0.15, -0.1) is 5.10 Å². The van der Waals surface area contributed by atoms with Gasteiger partial charge in [-0.1, -0.05) is 46.5 Å². The smallest absolute Gasteiger partial charge is 0.322 e. The van der Waals surface area contributed by atoms with E-state index in [0.717, 1.165) is 5.56 Å². The van der Waals surface area contributed by atoms with Crippen LogP contribution >= 0.6 is 11.6 Å². The van der Waals surface area contributed by atoms with Crippen molar-refractivity contribution < 1.29 is 17.6 Å². The Morgan fingerprint density at radius 1 is 0.938 bits per heavy atom. The van der Waals surface area contributed by atoms with Crippen LogP contribution in [-0.4, -0.2) is 24.5 Å². The molecule has 0 saturated heterocycles. The number of anilines is 2. The molecule has 1 amide bonds. The zero-order valence-electron chi connectivity index (χ0n) is 16.7. The van der Waals surface area contributed by atoms with Crippen LogP contribution in [0.15, 0.2) is 82.1 Å². The SMILES string of the molecule is Cc1ccc(S(=O)(=O)Nc2ccccc2C(=O)Nc2nnc(-c3ccc(Cl)cc3)o2)cc1. The van der Waals surface area contributed by atoms with Crippen molar-refractivity contribution >= 4 is 39.2 Å². The standard InChI is InChI=1S/C22H17ClN4O4S/c1-14-6-12-17(13-7-14)32(29,30)27-19-5-3-2-4-18(19)20(28)24-22-26-25-21(31-22)15-8-10-16(23)11-9-15/h2-13,27H,1H3,(H,24,26,28). The zero-order valence-corrected chi connectivity index (χ0v) is 18.3. The lowest BCUT2D eigenvalue weighted by atomic mass is 10.2. The van der Waals surface area contributed by atoms with E-state index in [-0.39, 0.29) is 28.1 Å². The summed E-state index contributed by atoms with van der Waals surface area (Å²) in [5, 5.41) is 10.8. The molecular formula is C22H17ClN4O4S. The normalized spacial score (nSPS) is 11.2. The molecule has 10 heteroatoms. The molecule has 1 aromatic heterocycles. The number of benzene rings is 3. The largest absolute Gasteiger partial charge is 0.403 e. The monoisotopic (exact) mass is 468 g/mol. The van der Waals surface area contributed by atoms with Crippen molar-refractivity contribution in [3.8, 4) is 11.5 Å². The molecule has 0 spiro atoms. The van der Waals surface area contributed by atoms with E-state index >= 15 is 0 Å². The van der Waals surface area contributed by atoms with E-state index in [1.807, 2.05) is 6.92 Å². The number of aromatic nitrogens is 2. The van der Waals surface area contributed by atoms with Crippen LogP contribution < -0.4 is 10.0 Å². The minimum atomic E-state index is -3.89. The topological polar surface area (TPSA) is 114 Å². The number of carbonyl (C=O) groups excluding carboxylic acids is 1. The molecule has 0 saturated carbocycles. The summed E-state index contributed by atoms with van der Waals surface area (Å²) < 4.78 is 33.4. The number of nitrogens with zero attached hydrogens (tertiary/aromatic N) is 2. The number of aryl methyl sites for hydroxylation is 1. The molecule has 1 heterocycles. The molecular weight excluding hydrogens is 452 g/mol. The maximum atomic E-state index is 12.8. The number of carbonyl (C=O) groups is 1. The van der Waals surface area contributed by atoms with Gasteiger partial charge in [-0.2, -0.15) is 0 Å². The van der Waals surface area contributed by atoms with E-state index in [9.17, 15) is 13.2 Å². The van der Waals surface area contributed by atoms with Crippen molar-refractivity contribution in [3.63, 3.8) is 0 Å². The van der Waals surface area contributed by atoms with Gasteiger partial charge in [-0.05, 0) is 55.5 Å². The number of hydrogen-bond acceptors (Lipinski definition) is 6. The molecule has 8 nitrogen and oxygen atoms in total. The number of nitrogens with one attached hydrogen (secondary N) is 2. The van der Waals surface area contributed by atoms with Crippen LogP contribution in [-0.2, 0) is 10.0 Å². The first-order chi connectivity index (χ1) is 15.3. The van der Waals surface area contributed by atoms with E-state index < -0.39 is 15.9 Å². The number of halogens is 1. The van der Waals surface area contributed by atoms with Gasteiger partial charge in [0.2, 0.25) is 5.89 Å². The van der Waals surface area contributed by atoms with Gasteiger partial charge in [0.1, 0.15) is 0 Å². The second-order valence-corrected chi connectivity index (χ2v) is 8.96. The average molecular weight is 469 g/mol. The minimum absolute atomic E-state index is 0.0859. The quantitative estimate of drug-likeness (QED) is 0.422. The van der Waals surface area contributed by atoms with Crippen molar-refractivity contribution in [1.29, 1.82) is 0 Å².